The maximum absolute atomic E-state index is 14.1. The van der Waals surface area contributed by atoms with Crippen molar-refractivity contribution in [1.82, 2.24) is 9.47 Å². The van der Waals surface area contributed by atoms with E-state index in [0.717, 1.165) is 29.8 Å². The fraction of sp³-hybridized carbons (Fsp3) is 0.276. The summed E-state index contributed by atoms with van der Waals surface area (Å²) in [6.45, 7) is 0.542. The average molecular weight is 500 g/mol. The molecule has 2 aromatic heterocycles. The molecule has 1 aliphatic carbocycles. The van der Waals surface area contributed by atoms with Gasteiger partial charge in [0.1, 0.15) is 16.5 Å². The summed E-state index contributed by atoms with van der Waals surface area (Å²) < 4.78 is 13.2. The number of carbonyl (C=O) groups excluding carboxylic acids is 1. The number of nitrogens with one attached hydrogen (secondary N) is 1. The molecule has 1 N–H and O–H groups in total. The van der Waals surface area contributed by atoms with Gasteiger partial charge in [0, 0.05) is 16.6 Å². The molecule has 184 valence electrons. The summed E-state index contributed by atoms with van der Waals surface area (Å²) in [4.78, 5) is 17.5. The molecule has 0 saturated carbocycles. The zero-order valence-corrected chi connectivity index (χ0v) is 21.3. The normalized spacial score (nSPS) is 16.4. The molecule has 0 fully saturated rings. The number of anilines is 1. The van der Waals surface area contributed by atoms with Crippen LogP contribution in [0, 0.1) is 0 Å². The van der Waals surface area contributed by atoms with Gasteiger partial charge in [-0.05, 0) is 73.2 Å². The standard InChI is InChI=1S/C29H29N3O3S/c1-34-20-15-13-19(14-16-20)27-24-10-7-17-31(24)28-22(21-8-3-6-12-26(21)36-28)18-32(27)29(33)30-23-9-4-5-11-25(23)35-2/h4-5,7,9-11,13-17,27H,3,6,8,12,18H2,1-2H3,(H,30,33)/t27-/m1/s1. The van der Waals surface area contributed by atoms with Crippen molar-refractivity contribution in [3.05, 3.63) is 94.1 Å². The van der Waals surface area contributed by atoms with E-state index in [2.05, 4.69) is 40.3 Å². The molecule has 7 heteroatoms. The summed E-state index contributed by atoms with van der Waals surface area (Å²) in [6, 6.07) is 19.4. The molecule has 1 aliphatic heterocycles. The van der Waals surface area contributed by atoms with Crippen LogP contribution in [0.15, 0.2) is 66.9 Å². The van der Waals surface area contributed by atoms with Crippen LogP contribution in [0.2, 0.25) is 0 Å². The Labute approximate surface area is 215 Å². The summed E-state index contributed by atoms with van der Waals surface area (Å²) in [7, 11) is 3.29. The fourth-order valence-electron chi connectivity index (χ4n) is 5.46. The lowest BCUT2D eigenvalue weighted by atomic mass is 9.95. The number of hydrogen-bond donors (Lipinski definition) is 1. The lowest BCUT2D eigenvalue weighted by Gasteiger charge is -2.31. The molecule has 2 amide bonds. The second-order valence-electron chi connectivity index (χ2n) is 9.23. The number of fused-ring (bicyclic) bond motifs is 5. The zero-order valence-electron chi connectivity index (χ0n) is 20.5. The predicted octanol–water partition coefficient (Wildman–Crippen LogP) is 6.57. The Morgan fingerprint density at radius 1 is 0.944 bits per heavy atom. The summed E-state index contributed by atoms with van der Waals surface area (Å²) in [5.41, 5.74) is 5.48. The molecule has 2 aromatic carbocycles. The molecule has 6 rings (SSSR count). The summed E-state index contributed by atoms with van der Waals surface area (Å²) in [5, 5.41) is 4.38. The molecule has 0 radical (unpaired) electrons. The SMILES string of the molecule is COc1ccc([C@@H]2c3cccn3-c3sc4c(c3CN2C(=O)Nc2ccccc2OC)CCCC4)cc1. The van der Waals surface area contributed by atoms with Gasteiger partial charge in [-0.2, -0.15) is 0 Å². The Hall–Kier alpha value is -3.71. The van der Waals surface area contributed by atoms with Crippen molar-refractivity contribution >= 4 is 23.1 Å². The van der Waals surface area contributed by atoms with Crippen LogP contribution in [-0.4, -0.2) is 29.7 Å². The molecule has 2 aliphatic rings. The molecule has 0 unspecified atom stereocenters. The second-order valence-corrected chi connectivity index (χ2v) is 10.3. The van der Waals surface area contributed by atoms with Crippen molar-refractivity contribution in [2.75, 3.05) is 19.5 Å². The molecule has 36 heavy (non-hydrogen) atoms. The van der Waals surface area contributed by atoms with Gasteiger partial charge in [-0.1, -0.05) is 24.3 Å². The maximum Gasteiger partial charge on any atom is 0.323 e. The third-order valence-electron chi connectivity index (χ3n) is 7.22. The molecule has 1 atom stereocenters. The Kier molecular flexibility index (Phi) is 5.93. The summed E-state index contributed by atoms with van der Waals surface area (Å²) >= 11 is 1.89. The van der Waals surface area contributed by atoms with E-state index in [1.54, 1.807) is 14.2 Å². The van der Waals surface area contributed by atoms with E-state index in [4.69, 9.17) is 9.47 Å². The van der Waals surface area contributed by atoms with E-state index in [0.29, 0.717) is 18.0 Å². The Bertz CT molecular complexity index is 1410. The van der Waals surface area contributed by atoms with Crippen LogP contribution < -0.4 is 14.8 Å². The number of urea groups is 1. The van der Waals surface area contributed by atoms with Gasteiger partial charge < -0.3 is 24.3 Å². The lowest BCUT2D eigenvalue weighted by Crippen LogP contribution is -2.38. The lowest BCUT2D eigenvalue weighted by molar-refractivity contribution is 0.194. The van der Waals surface area contributed by atoms with E-state index in [1.165, 1.54) is 33.8 Å². The molecule has 0 bridgehead atoms. The Morgan fingerprint density at radius 3 is 2.56 bits per heavy atom. The second kappa shape index (κ2) is 9.39. The third-order valence-corrected chi connectivity index (χ3v) is 8.55. The Morgan fingerprint density at radius 2 is 1.75 bits per heavy atom. The average Bonchev–Trinajstić information content (AvgIpc) is 3.51. The number of nitrogens with zero attached hydrogens (tertiary/aromatic N) is 2. The smallest absolute Gasteiger partial charge is 0.323 e. The van der Waals surface area contributed by atoms with Crippen LogP contribution in [-0.2, 0) is 19.4 Å². The highest BCUT2D eigenvalue weighted by molar-refractivity contribution is 7.15. The van der Waals surface area contributed by atoms with E-state index in [9.17, 15) is 4.79 Å². The highest BCUT2D eigenvalue weighted by atomic mass is 32.1. The number of hydrogen-bond acceptors (Lipinski definition) is 4. The third kappa shape index (κ3) is 3.84. The van der Waals surface area contributed by atoms with Crippen LogP contribution in [0.5, 0.6) is 11.5 Å². The van der Waals surface area contributed by atoms with E-state index in [1.807, 2.05) is 52.6 Å². The zero-order chi connectivity index (χ0) is 24.6. The van der Waals surface area contributed by atoms with Crippen molar-refractivity contribution in [3.8, 4) is 16.5 Å². The first-order chi connectivity index (χ1) is 17.7. The molecule has 4 aromatic rings. The minimum absolute atomic E-state index is 0.156. The fourth-order valence-corrected chi connectivity index (χ4v) is 6.86. The van der Waals surface area contributed by atoms with Crippen LogP contribution in [0.3, 0.4) is 0 Å². The van der Waals surface area contributed by atoms with Gasteiger partial charge in [-0.3, -0.25) is 0 Å². The maximum atomic E-state index is 14.1. The molecule has 6 nitrogen and oxygen atoms in total. The number of carbonyl (C=O) groups is 1. The summed E-state index contributed by atoms with van der Waals surface area (Å²) in [5.74, 6) is 1.43. The van der Waals surface area contributed by atoms with Crippen LogP contribution in [0.25, 0.3) is 5.00 Å². The molecule has 0 spiro atoms. The molecule has 0 saturated heterocycles. The number of amides is 2. The van der Waals surface area contributed by atoms with Gasteiger partial charge in [0.05, 0.1) is 38.2 Å². The van der Waals surface area contributed by atoms with Crippen LogP contribution in [0.1, 0.15) is 46.1 Å². The summed E-state index contributed by atoms with van der Waals surface area (Å²) in [6.07, 6.45) is 6.77. The first-order valence-corrected chi connectivity index (χ1v) is 13.1. The number of ether oxygens (including phenoxy) is 2. The quantitative estimate of drug-likeness (QED) is 0.345. The van der Waals surface area contributed by atoms with Gasteiger partial charge in [0.25, 0.3) is 0 Å². The van der Waals surface area contributed by atoms with E-state index < -0.39 is 0 Å². The largest absolute Gasteiger partial charge is 0.497 e. The first kappa shape index (κ1) is 22.7. The number of benzene rings is 2. The predicted molar refractivity (Wildman–Crippen MR) is 143 cm³/mol. The van der Waals surface area contributed by atoms with Gasteiger partial charge in [-0.15, -0.1) is 11.3 Å². The highest BCUT2D eigenvalue weighted by Gasteiger charge is 2.36. The van der Waals surface area contributed by atoms with Crippen molar-refractivity contribution in [3.63, 3.8) is 0 Å². The number of para-hydroxylation sites is 2. The van der Waals surface area contributed by atoms with Crippen LogP contribution >= 0.6 is 11.3 Å². The van der Waals surface area contributed by atoms with Crippen molar-refractivity contribution in [2.24, 2.45) is 0 Å². The van der Waals surface area contributed by atoms with Crippen molar-refractivity contribution in [2.45, 2.75) is 38.3 Å². The molecule has 3 heterocycles. The minimum Gasteiger partial charge on any atom is -0.497 e. The number of rotatable bonds is 4. The van der Waals surface area contributed by atoms with Crippen molar-refractivity contribution in [1.29, 1.82) is 0 Å². The molecular weight excluding hydrogens is 470 g/mol. The minimum atomic E-state index is -0.264. The van der Waals surface area contributed by atoms with Gasteiger partial charge in [0.2, 0.25) is 0 Å². The number of aromatic nitrogens is 1. The van der Waals surface area contributed by atoms with Crippen LogP contribution in [0.4, 0.5) is 10.5 Å². The first-order valence-electron chi connectivity index (χ1n) is 12.3. The monoisotopic (exact) mass is 499 g/mol. The van der Waals surface area contributed by atoms with Gasteiger partial charge >= 0.3 is 6.03 Å². The van der Waals surface area contributed by atoms with Gasteiger partial charge in [-0.25, -0.2) is 4.79 Å². The number of methoxy groups -OCH3 is 2. The van der Waals surface area contributed by atoms with E-state index >= 15 is 0 Å². The molecular formula is C29H29N3O3S. The topological polar surface area (TPSA) is 55.7 Å². The van der Waals surface area contributed by atoms with E-state index in [-0.39, 0.29) is 12.1 Å². The Balaban J connectivity index is 1.49. The van der Waals surface area contributed by atoms with Gasteiger partial charge in [0.15, 0.2) is 0 Å². The van der Waals surface area contributed by atoms with Crippen molar-refractivity contribution < 1.29 is 14.3 Å². The number of aryl methyl sites for hydroxylation is 1. The number of thiophene rings is 1. The highest BCUT2D eigenvalue weighted by Crippen LogP contribution is 2.44.